The van der Waals surface area contributed by atoms with E-state index in [0.717, 1.165) is 6.42 Å². The SMILES string of the molecule is [CH2]C(C#N)CCCCCCCCCC=CCCCCC. The second kappa shape index (κ2) is 16.3. The Morgan fingerprint density at radius 1 is 0.850 bits per heavy atom. The molecule has 0 saturated carbocycles. The average Bonchev–Trinajstić information content (AvgIpc) is 2.47. The minimum absolute atomic E-state index is 0.000821. The van der Waals surface area contributed by atoms with E-state index in [4.69, 9.17) is 5.26 Å². The Labute approximate surface area is 127 Å². The summed E-state index contributed by atoms with van der Waals surface area (Å²) in [5.74, 6) is -0.000821. The third-order valence-corrected chi connectivity index (χ3v) is 3.75. The molecule has 0 heterocycles. The van der Waals surface area contributed by atoms with Crippen molar-refractivity contribution in [1.29, 1.82) is 5.26 Å². The predicted octanol–water partition coefficient (Wildman–Crippen LogP) is 6.61. The van der Waals surface area contributed by atoms with E-state index in [1.54, 1.807) is 0 Å². The third kappa shape index (κ3) is 15.3. The molecule has 0 fully saturated rings. The molecule has 0 saturated heterocycles. The molecule has 0 N–H and O–H groups in total. The fourth-order valence-corrected chi connectivity index (χ4v) is 2.35. The lowest BCUT2D eigenvalue weighted by Gasteiger charge is -2.02. The van der Waals surface area contributed by atoms with Gasteiger partial charge in [0.1, 0.15) is 0 Å². The van der Waals surface area contributed by atoms with E-state index in [-0.39, 0.29) is 5.92 Å². The van der Waals surface area contributed by atoms with Crippen molar-refractivity contribution in [1.82, 2.24) is 0 Å². The Hall–Kier alpha value is -0.770. The topological polar surface area (TPSA) is 23.8 Å². The highest BCUT2D eigenvalue weighted by Gasteiger charge is 1.98. The standard InChI is InChI=1S/C19H34N/c1-3-4-5-6-7-8-9-10-11-12-13-14-15-16-17-19(2)18-20/h7-8,19H,2-6,9-17H2,1H3. The van der Waals surface area contributed by atoms with Gasteiger partial charge in [-0.25, -0.2) is 0 Å². The molecule has 0 aromatic heterocycles. The highest BCUT2D eigenvalue weighted by Crippen LogP contribution is 2.12. The molecular weight excluding hydrogens is 242 g/mol. The smallest absolute Gasteiger partial charge is 0.0655 e. The van der Waals surface area contributed by atoms with E-state index in [9.17, 15) is 0 Å². The molecule has 1 atom stereocenters. The Kier molecular flexibility index (Phi) is 15.7. The zero-order valence-corrected chi connectivity index (χ0v) is 13.6. The zero-order valence-electron chi connectivity index (χ0n) is 13.6. The van der Waals surface area contributed by atoms with Crippen LogP contribution in [0, 0.1) is 24.2 Å². The fourth-order valence-electron chi connectivity index (χ4n) is 2.35. The molecule has 0 spiro atoms. The summed E-state index contributed by atoms with van der Waals surface area (Å²) in [7, 11) is 0. The van der Waals surface area contributed by atoms with Crippen molar-refractivity contribution >= 4 is 0 Å². The van der Waals surface area contributed by atoms with Gasteiger partial charge in [0.15, 0.2) is 0 Å². The molecular formula is C19H34N. The number of rotatable bonds is 14. The van der Waals surface area contributed by atoms with Gasteiger partial charge >= 0.3 is 0 Å². The van der Waals surface area contributed by atoms with Crippen molar-refractivity contribution in [2.45, 2.75) is 90.4 Å². The normalized spacial score (nSPS) is 12.7. The average molecular weight is 276 g/mol. The molecule has 1 nitrogen and oxygen atoms in total. The molecule has 0 amide bonds. The number of nitrogens with zero attached hydrogens (tertiary/aromatic N) is 1. The van der Waals surface area contributed by atoms with E-state index in [1.165, 1.54) is 77.0 Å². The Balaban J connectivity index is 3.08. The second-order valence-corrected chi connectivity index (χ2v) is 5.85. The highest BCUT2D eigenvalue weighted by atomic mass is 14.3. The highest BCUT2D eigenvalue weighted by molar-refractivity contribution is 4.83. The van der Waals surface area contributed by atoms with Crippen LogP contribution >= 0.6 is 0 Å². The summed E-state index contributed by atoms with van der Waals surface area (Å²) < 4.78 is 0. The molecule has 1 radical (unpaired) electrons. The van der Waals surface area contributed by atoms with Gasteiger partial charge in [-0.15, -0.1) is 0 Å². The minimum atomic E-state index is -0.000821. The monoisotopic (exact) mass is 276 g/mol. The van der Waals surface area contributed by atoms with Crippen LogP contribution in [0.3, 0.4) is 0 Å². The van der Waals surface area contributed by atoms with Crippen LogP contribution < -0.4 is 0 Å². The van der Waals surface area contributed by atoms with Crippen molar-refractivity contribution in [2.24, 2.45) is 5.92 Å². The molecule has 20 heavy (non-hydrogen) atoms. The fraction of sp³-hybridized carbons (Fsp3) is 0.789. The first-order valence-electron chi connectivity index (χ1n) is 8.69. The van der Waals surface area contributed by atoms with Crippen LogP contribution in [0.15, 0.2) is 12.2 Å². The first-order chi connectivity index (χ1) is 9.81. The summed E-state index contributed by atoms with van der Waals surface area (Å²) in [6.07, 6.45) is 21.5. The van der Waals surface area contributed by atoms with Crippen LogP contribution in [0.25, 0.3) is 0 Å². The molecule has 0 aliphatic rings. The summed E-state index contributed by atoms with van der Waals surface area (Å²) in [4.78, 5) is 0. The van der Waals surface area contributed by atoms with Gasteiger partial charge in [-0.05, 0) is 39.0 Å². The van der Waals surface area contributed by atoms with Crippen molar-refractivity contribution < 1.29 is 0 Å². The Morgan fingerprint density at radius 3 is 1.90 bits per heavy atom. The molecule has 115 valence electrons. The lowest BCUT2D eigenvalue weighted by Crippen LogP contribution is -1.90. The lowest BCUT2D eigenvalue weighted by molar-refractivity contribution is 0.552. The van der Waals surface area contributed by atoms with Gasteiger partial charge in [-0.1, -0.05) is 70.4 Å². The van der Waals surface area contributed by atoms with Gasteiger partial charge in [-0.2, -0.15) is 5.26 Å². The number of nitriles is 1. The maximum Gasteiger partial charge on any atom is 0.0655 e. The maximum atomic E-state index is 8.62. The molecule has 0 aliphatic heterocycles. The number of allylic oxidation sites excluding steroid dienone is 2. The molecule has 1 unspecified atom stereocenters. The first-order valence-corrected chi connectivity index (χ1v) is 8.69. The van der Waals surface area contributed by atoms with Gasteiger partial charge in [-0.3, -0.25) is 0 Å². The second-order valence-electron chi connectivity index (χ2n) is 5.85. The number of hydrogen-bond donors (Lipinski definition) is 0. The summed E-state index contributed by atoms with van der Waals surface area (Å²) in [5.41, 5.74) is 0. The quantitative estimate of drug-likeness (QED) is 0.259. The number of hydrogen-bond acceptors (Lipinski definition) is 1. The molecule has 0 bridgehead atoms. The minimum Gasteiger partial charge on any atom is -0.198 e. The summed E-state index contributed by atoms with van der Waals surface area (Å²) in [6, 6.07) is 2.19. The van der Waals surface area contributed by atoms with Gasteiger partial charge < -0.3 is 0 Å². The zero-order chi connectivity index (χ0) is 14.9. The van der Waals surface area contributed by atoms with Crippen molar-refractivity contribution in [3.05, 3.63) is 19.1 Å². The van der Waals surface area contributed by atoms with E-state index < -0.39 is 0 Å². The molecule has 1 heteroatoms. The van der Waals surface area contributed by atoms with E-state index in [1.807, 2.05) is 0 Å². The van der Waals surface area contributed by atoms with E-state index in [2.05, 4.69) is 32.1 Å². The Morgan fingerprint density at radius 2 is 1.35 bits per heavy atom. The lowest BCUT2D eigenvalue weighted by atomic mass is 10.0. The van der Waals surface area contributed by atoms with Gasteiger partial charge in [0.25, 0.3) is 0 Å². The molecule has 0 aromatic rings. The van der Waals surface area contributed by atoms with Crippen LogP contribution in [0.4, 0.5) is 0 Å². The molecule has 0 rings (SSSR count). The van der Waals surface area contributed by atoms with Crippen LogP contribution in [-0.4, -0.2) is 0 Å². The van der Waals surface area contributed by atoms with Crippen LogP contribution in [0.2, 0.25) is 0 Å². The van der Waals surface area contributed by atoms with Crippen LogP contribution in [-0.2, 0) is 0 Å². The third-order valence-electron chi connectivity index (χ3n) is 3.75. The summed E-state index contributed by atoms with van der Waals surface area (Å²) in [6.45, 7) is 6.04. The maximum absolute atomic E-state index is 8.62. The van der Waals surface area contributed by atoms with E-state index >= 15 is 0 Å². The largest absolute Gasteiger partial charge is 0.198 e. The van der Waals surface area contributed by atoms with Crippen molar-refractivity contribution in [3.8, 4) is 6.07 Å². The van der Waals surface area contributed by atoms with Gasteiger partial charge in [0.05, 0.1) is 6.07 Å². The first kappa shape index (κ1) is 19.2. The summed E-state index contributed by atoms with van der Waals surface area (Å²) in [5, 5.41) is 8.62. The van der Waals surface area contributed by atoms with E-state index in [0.29, 0.717) is 0 Å². The van der Waals surface area contributed by atoms with Gasteiger partial charge in [0, 0.05) is 5.92 Å². The summed E-state index contributed by atoms with van der Waals surface area (Å²) >= 11 is 0. The van der Waals surface area contributed by atoms with Gasteiger partial charge in [0.2, 0.25) is 0 Å². The van der Waals surface area contributed by atoms with Crippen molar-refractivity contribution in [3.63, 3.8) is 0 Å². The number of unbranched alkanes of at least 4 members (excludes halogenated alkanes) is 10. The Bertz CT molecular complexity index is 249. The van der Waals surface area contributed by atoms with Crippen molar-refractivity contribution in [2.75, 3.05) is 0 Å². The van der Waals surface area contributed by atoms with Crippen LogP contribution in [0.5, 0.6) is 0 Å². The van der Waals surface area contributed by atoms with Crippen LogP contribution in [0.1, 0.15) is 90.4 Å². The molecule has 0 aromatic carbocycles. The predicted molar refractivity (Wildman–Crippen MR) is 89.3 cm³/mol. The molecule has 0 aliphatic carbocycles.